The van der Waals surface area contributed by atoms with Crippen molar-refractivity contribution in [2.75, 3.05) is 0 Å². The first-order valence-electron chi connectivity index (χ1n) is 4.03. The van der Waals surface area contributed by atoms with Crippen LogP contribution in [0.3, 0.4) is 0 Å². The van der Waals surface area contributed by atoms with Gasteiger partial charge in [0.25, 0.3) is 0 Å². The predicted molar refractivity (Wildman–Crippen MR) is 50.6 cm³/mol. The van der Waals surface area contributed by atoms with Crippen LogP contribution in [0.1, 0.15) is 12.0 Å². The van der Waals surface area contributed by atoms with Gasteiger partial charge in [0.05, 0.1) is 6.42 Å². The lowest BCUT2D eigenvalue weighted by molar-refractivity contribution is -0.123. The number of ketones is 1. The molecule has 14 heavy (non-hydrogen) atoms. The van der Waals surface area contributed by atoms with Crippen LogP contribution in [-0.4, -0.2) is 11.0 Å². The quantitative estimate of drug-likeness (QED) is 0.568. The maximum atomic E-state index is 13.0. The fraction of sp³-hybridized carbons (Fsp3) is 0.200. The van der Waals surface area contributed by atoms with Crippen molar-refractivity contribution in [2.45, 2.75) is 12.8 Å². The Hall–Kier alpha value is -1.22. The summed E-state index contributed by atoms with van der Waals surface area (Å²) in [5.74, 6) is -0.821. The third-order valence-corrected chi connectivity index (χ3v) is 1.82. The Morgan fingerprint density at radius 2 is 1.93 bits per heavy atom. The minimum Gasteiger partial charge on any atom is -0.299 e. The molecule has 0 heterocycles. The van der Waals surface area contributed by atoms with Crippen molar-refractivity contribution in [3.8, 4) is 0 Å². The summed E-state index contributed by atoms with van der Waals surface area (Å²) in [6, 6.07) is 5.95. The maximum Gasteiger partial charge on any atom is 0.229 e. The van der Waals surface area contributed by atoms with Gasteiger partial charge in [0, 0.05) is 6.42 Å². The zero-order chi connectivity index (χ0) is 10.6. The smallest absolute Gasteiger partial charge is 0.229 e. The van der Waals surface area contributed by atoms with Crippen LogP contribution in [0.2, 0.25) is 0 Å². The molecule has 0 N–H and O–H groups in total. The normalized spacial score (nSPS) is 9.86. The van der Waals surface area contributed by atoms with E-state index in [-0.39, 0.29) is 24.2 Å². The molecule has 0 saturated carbocycles. The molecular formula is C10H8ClFO2. The molecule has 0 saturated heterocycles. The Kier molecular flexibility index (Phi) is 3.77. The average molecular weight is 215 g/mol. The summed E-state index contributed by atoms with van der Waals surface area (Å²) in [4.78, 5) is 21.5. The molecule has 0 fully saturated rings. The van der Waals surface area contributed by atoms with E-state index in [1.54, 1.807) is 6.07 Å². The molecule has 2 nitrogen and oxygen atoms in total. The molecule has 0 spiro atoms. The highest BCUT2D eigenvalue weighted by molar-refractivity contribution is 6.64. The molecule has 0 aliphatic rings. The molecule has 0 aliphatic carbocycles. The second-order valence-corrected chi connectivity index (χ2v) is 3.26. The Balaban J connectivity index is 2.65. The largest absolute Gasteiger partial charge is 0.299 e. The topological polar surface area (TPSA) is 34.1 Å². The summed E-state index contributed by atoms with van der Waals surface area (Å²) >= 11 is 5.03. The Bertz CT molecular complexity index is 363. The number of hydrogen-bond acceptors (Lipinski definition) is 2. The Labute approximate surface area is 85.7 Å². The van der Waals surface area contributed by atoms with Crippen LogP contribution in [0.25, 0.3) is 0 Å². The van der Waals surface area contributed by atoms with Crippen LogP contribution in [-0.2, 0) is 16.0 Å². The summed E-state index contributed by atoms with van der Waals surface area (Å²) in [6.45, 7) is 0. The highest BCUT2D eigenvalue weighted by Crippen LogP contribution is 2.08. The third kappa shape index (κ3) is 3.26. The van der Waals surface area contributed by atoms with Crippen molar-refractivity contribution in [3.05, 3.63) is 35.6 Å². The van der Waals surface area contributed by atoms with Crippen LogP contribution in [0, 0.1) is 5.82 Å². The van der Waals surface area contributed by atoms with Gasteiger partial charge in [-0.25, -0.2) is 4.39 Å². The van der Waals surface area contributed by atoms with E-state index in [1.165, 1.54) is 18.2 Å². The van der Waals surface area contributed by atoms with E-state index >= 15 is 0 Å². The van der Waals surface area contributed by atoms with Gasteiger partial charge >= 0.3 is 0 Å². The van der Waals surface area contributed by atoms with Crippen molar-refractivity contribution >= 4 is 22.6 Å². The molecule has 0 atom stereocenters. The molecule has 0 unspecified atom stereocenters. The molecule has 0 aliphatic heterocycles. The van der Waals surface area contributed by atoms with Crippen molar-refractivity contribution < 1.29 is 14.0 Å². The van der Waals surface area contributed by atoms with Crippen LogP contribution in [0.5, 0.6) is 0 Å². The van der Waals surface area contributed by atoms with Gasteiger partial charge in [-0.05, 0) is 23.2 Å². The van der Waals surface area contributed by atoms with E-state index in [9.17, 15) is 14.0 Å². The number of rotatable bonds is 4. The van der Waals surface area contributed by atoms with Crippen molar-refractivity contribution in [3.63, 3.8) is 0 Å². The first-order valence-corrected chi connectivity index (χ1v) is 4.41. The number of carbonyl (C=O) groups is 2. The summed E-state index contributed by atoms with van der Waals surface area (Å²) in [5, 5.41) is -0.716. The number of benzene rings is 1. The standard InChI is InChI=1S/C10H8ClFO2/c11-10(14)6-8(13)5-7-3-1-2-4-9(7)12/h1-4H,5-6H2. The summed E-state index contributed by atoms with van der Waals surface area (Å²) < 4.78 is 13.0. The SMILES string of the molecule is O=C(Cl)CC(=O)Cc1ccccc1F. The fourth-order valence-corrected chi connectivity index (χ4v) is 1.22. The van der Waals surface area contributed by atoms with E-state index in [4.69, 9.17) is 11.6 Å². The van der Waals surface area contributed by atoms with Gasteiger partial charge in [-0.2, -0.15) is 0 Å². The lowest BCUT2D eigenvalue weighted by Crippen LogP contribution is -2.07. The van der Waals surface area contributed by atoms with Crippen LogP contribution >= 0.6 is 11.6 Å². The zero-order valence-corrected chi connectivity index (χ0v) is 8.05. The minimum absolute atomic E-state index is 0.0921. The Morgan fingerprint density at radius 3 is 2.50 bits per heavy atom. The lowest BCUT2D eigenvalue weighted by atomic mass is 10.1. The first-order chi connectivity index (χ1) is 6.59. The number of Topliss-reactive ketones (excluding diaryl/α,β-unsaturated/α-hetero) is 1. The molecule has 0 bridgehead atoms. The van der Waals surface area contributed by atoms with Gasteiger partial charge in [0.2, 0.25) is 5.24 Å². The zero-order valence-electron chi connectivity index (χ0n) is 7.30. The molecule has 1 aromatic rings. The van der Waals surface area contributed by atoms with E-state index in [0.29, 0.717) is 0 Å². The second-order valence-electron chi connectivity index (χ2n) is 2.84. The molecule has 1 rings (SSSR count). The van der Waals surface area contributed by atoms with Gasteiger partial charge in [-0.15, -0.1) is 0 Å². The summed E-state index contributed by atoms with van der Waals surface area (Å²) in [5.41, 5.74) is 0.287. The van der Waals surface area contributed by atoms with Gasteiger partial charge in [0.15, 0.2) is 0 Å². The highest BCUT2D eigenvalue weighted by Gasteiger charge is 2.10. The monoisotopic (exact) mass is 214 g/mol. The maximum absolute atomic E-state index is 13.0. The molecule has 0 radical (unpaired) electrons. The highest BCUT2D eigenvalue weighted by atomic mass is 35.5. The average Bonchev–Trinajstić information content (AvgIpc) is 2.07. The van der Waals surface area contributed by atoms with Crippen LogP contribution in [0.4, 0.5) is 4.39 Å². The molecular weight excluding hydrogens is 207 g/mol. The number of halogens is 2. The molecule has 4 heteroatoms. The predicted octanol–water partition coefficient (Wildman–Crippen LogP) is 2.09. The first kappa shape index (κ1) is 10.9. The summed E-state index contributed by atoms with van der Waals surface area (Å²) in [7, 11) is 0. The van der Waals surface area contributed by atoms with Gasteiger partial charge in [-0.1, -0.05) is 18.2 Å². The van der Waals surface area contributed by atoms with Crippen molar-refractivity contribution in [2.24, 2.45) is 0 Å². The van der Waals surface area contributed by atoms with E-state index in [1.807, 2.05) is 0 Å². The number of hydrogen-bond donors (Lipinski definition) is 0. The van der Waals surface area contributed by atoms with Gasteiger partial charge in [0.1, 0.15) is 11.6 Å². The molecule has 1 aromatic carbocycles. The van der Waals surface area contributed by atoms with Crippen molar-refractivity contribution in [1.29, 1.82) is 0 Å². The van der Waals surface area contributed by atoms with Crippen molar-refractivity contribution in [1.82, 2.24) is 0 Å². The molecule has 74 valence electrons. The molecule has 0 aromatic heterocycles. The lowest BCUT2D eigenvalue weighted by Gasteiger charge is -1.99. The minimum atomic E-state index is -0.716. The van der Waals surface area contributed by atoms with E-state index < -0.39 is 11.1 Å². The fourth-order valence-electron chi connectivity index (χ4n) is 1.07. The number of carbonyl (C=O) groups excluding carboxylic acids is 2. The van der Waals surface area contributed by atoms with E-state index in [2.05, 4.69) is 0 Å². The van der Waals surface area contributed by atoms with Gasteiger partial charge in [-0.3, -0.25) is 9.59 Å². The van der Waals surface area contributed by atoms with Gasteiger partial charge < -0.3 is 0 Å². The van der Waals surface area contributed by atoms with Crippen LogP contribution < -0.4 is 0 Å². The van der Waals surface area contributed by atoms with E-state index in [0.717, 1.165) is 0 Å². The summed E-state index contributed by atoms with van der Waals surface area (Å²) in [6.07, 6.45) is -0.443. The second kappa shape index (κ2) is 4.86. The third-order valence-electron chi connectivity index (χ3n) is 1.68. The molecule has 0 amide bonds. The van der Waals surface area contributed by atoms with Crippen LogP contribution in [0.15, 0.2) is 24.3 Å². The Morgan fingerprint density at radius 1 is 1.29 bits per heavy atom.